The molecule has 25 heavy (non-hydrogen) atoms. The second kappa shape index (κ2) is 7.15. The number of amides is 2. The number of carbonyl (C=O) groups is 2. The number of hydrogen-bond donors (Lipinski definition) is 2. The Kier molecular flexibility index (Phi) is 4.95. The lowest BCUT2D eigenvalue weighted by Crippen LogP contribution is -2.20. The molecule has 0 spiro atoms. The van der Waals surface area contributed by atoms with Gasteiger partial charge >= 0.3 is 0 Å². The van der Waals surface area contributed by atoms with Gasteiger partial charge in [-0.15, -0.1) is 0 Å². The van der Waals surface area contributed by atoms with Crippen LogP contribution in [0.15, 0.2) is 42.5 Å². The van der Waals surface area contributed by atoms with E-state index in [1.807, 2.05) is 13.0 Å². The van der Waals surface area contributed by atoms with E-state index in [4.69, 9.17) is 16.3 Å². The molecule has 1 aliphatic rings. The number of methoxy groups -OCH3 is 1. The third-order valence-electron chi connectivity index (χ3n) is 4.26. The predicted molar refractivity (Wildman–Crippen MR) is 98.0 cm³/mol. The summed E-state index contributed by atoms with van der Waals surface area (Å²) in [5, 5.41) is 6.24. The fraction of sp³-hybridized carbons (Fsp3) is 0.263. The van der Waals surface area contributed by atoms with Crippen LogP contribution in [0.3, 0.4) is 0 Å². The first-order valence-corrected chi connectivity index (χ1v) is 8.37. The van der Waals surface area contributed by atoms with Gasteiger partial charge in [-0.2, -0.15) is 0 Å². The third kappa shape index (κ3) is 4.12. The Morgan fingerprint density at radius 3 is 2.52 bits per heavy atom. The fourth-order valence-electron chi connectivity index (χ4n) is 2.66. The summed E-state index contributed by atoms with van der Waals surface area (Å²) in [6, 6.07) is 12.5. The molecule has 2 aromatic carbocycles. The van der Waals surface area contributed by atoms with Crippen LogP contribution in [0.25, 0.3) is 0 Å². The molecule has 1 aliphatic carbocycles. The Bertz CT molecular complexity index is 822. The molecule has 1 fully saturated rings. The lowest BCUT2D eigenvalue weighted by atomic mass is 10.2. The molecule has 0 saturated heterocycles. The minimum absolute atomic E-state index is 0.156. The van der Waals surface area contributed by atoms with Crippen molar-refractivity contribution in [2.24, 2.45) is 11.8 Å². The number of halogens is 1. The average molecular weight is 359 g/mol. The zero-order valence-corrected chi connectivity index (χ0v) is 14.8. The lowest BCUT2D eigenvalue weighted by Gasteiger charge is -2.09. The molecule has 0 aromatic heterocycles. The second-order valence-electron chi connectivity index (χ2n) is 6.12. The van der Waals surface area contributed by atoms with Gasteiger partial charge < -0.3 is 15.4 Å². The Morgan fingerprint density at radius 1 is 1.08 bits per heavy atom. The number of ether oxygens (including phenoxy) is 1. The van der Waals surface area contributed by atoms with Crippen LogP contribution >= 0.6 is 11.6 Å². The van der Waals surface area contributed by atoms with Gasteiger partial charge in [0, 0.05) is 22.5 Å². The van der Waals surface area contributed by atoms with Crippen LogP contribution in [0.1, 0.15) is 12.0 Å². The van der Waals surface area contributed by atoms with Crippen molar-refractivity contribution < 1.29 is 14.3 Å². The van der Waals surface area contributed by atoms with E-state index in [0.717, 1.165) is 5.56 Å². The Hall–Kier alpha value is -2.53. The van der Waals surface area contributed by atoms with Gasteiger partial charge in [-0.05, 0) is 43.2 Å². The highest BCUT2D eigenvalue weighted by molar-refractivity contribution is 6.31. The van der Waals surface area contributed by atoms with E-state index < -0.39 is 0 Å². The van der Waals surface area contributed by atoms with Crippen molar-refractivity contribution in [3.05, 3.63) is 53.1 Å². The molecule has 2 N–H and O–H groups in total. The number of nitrogens with one attached hydrogen (secondary N) is 2. The standard InChI is InChI=1S/C19H19ClN2O3/c1-11-6-7-12(20)8-17(11)22-19(24)16-10-15(16)18(23)21-13-4-3-5-14(9-13)25-2/h3-9,15-16H,10H2,1-2H3,(H,21,23)(H,22,24). The lowest BCUT2D eigenvalue weighted by molar-refractivity contribution is -0.122. The summed E-state index contributed by atoms with van der Waals surface area (Å²) >= 11 is 5.96. The van der Waals surface area contributed by atoms with Crippen LogP contribution in [-0.4, -0.2) is 18.9 Å². The van der Waals surface area contributed by atoms with Gasteiger partial charge in [-0.1, -0.05) is 23.7 Å². The molecule has 0 heterocycles. The van der Waals surface area contributed by atoms with Crippen molar-refractivity contribution in [2.45, 2.75) is 13.3 Å². The number of carbonyl (C=O) groups excluding carboxylic acids is 2. The zero-order chi connectivity index (χ0) is 18.0. The normalized spacial score (nSPS) is 18.4. The minimum atomic E-state index is -0.316. The maximum atomic E-state index is 12.4. The Morgan fingerprint density at radius 2 is 1.80 bits per heavy atom. The first kappa shape index (κ1) is 17.3. The molecule has 6 heteroatoms. The molecule has 130 valence electrons. The summed E-state index contributed by atoms with van der Waals surface area (Å²) in [5.41, 5.74) is 2.26. The molecule has 0 bridgehead atoms. The Balaban J connectivity index is 1.58. The van der Waals surface area contributed by atoms with Crippen molar-refractivity contribution in [3.63, 3.8) is 0 Å². The van der Waals surface area contributed by atoms with Crippen molar-refractivity contribution in [1.82, 2.24) is 0 Å². The van der Waals surface area contributed by atoms with E-state index >= 15 is 0 Å². The highest BCUT2D eigenvalue weighted by Gasteiger charge is 2.48. The molecule has 2 aromatic rings. The maximum absolute atomic E-state index is 12.4. The summed E-state index contributed by atoms with van der Waals surface area (Å²) < 4.78 is 5.13. The van der Waals surface area contributed by atoms with Crippen molar-refractivity contribution in [1.29, 1.82) is 0 Å². The second-order valence-corrected chi connectivity index (χ2v) is 6.55. The van der Waals surface area contributed by atoms with Crippen LogP contribution in [0, 0.1) is 18.8 Å². The summed E-state index contributed by atoms with van der Waals surface area (Å²) in [6.45, 7) is 1.89. The van der Waals surface area contributed by atoms with E-state index in [-0.39, 0.29) is 23.7 Å². The van der Waals surface area contributed by atoms with Crippen molar-refractivity contribution in [2.75, 3.05) is 17.7 Å². The van der Waals surface area contributed by atoms with E-state index in [0.29, 0.717) is 28.6 Å². The molecule has 0 aliphatic heterocycles. The van der Waals surface area contributed by atoms with Gasteiger partial charge in [0.1, 0.15) is 5.75 Å². The van der Waals surface area contributed by atoms with E-state index in [9.17, 15) is 9.59 Å². The van der Waals surface area contributed by atoms with Gasteiger partial charge in [0.2, 0.25) is 11.8 Å². The molecular formula is C19H19ClN2O3. The molecule has 2 atom stereocenters. The van der Waals surface area contributed by atoms with Crippen molar-refractivity contribution >= 4 is 34.8 Å². The number of benzene rings is 2. The van der Waals surface area contributed by atoms with E-state index in [2.05, 4.69) is 10.6 Å². The first-order chi connectivity index (χ1) is 12.0. The number of rotatable bonds is 5. The SMILES string of the molecule is COc1cccc(NC(=O)C2CC2C(=O)Nc2cc(Cl)ccc2C)c1. The summed E-state index contributed by atoms with van der Waals surface area (Å²) in [4.78, 5) is 24.7. The van der Waals surface area contributed by atoms with Crippen LogP contribution < -0.4 is 15.4 Å². The largest absolute Gasteiger partial charge is 0.497 e. The van der Waals surface area contributed by atoms with Crippen LogP contribution in [0.4, 0.5) is 11.4 Å². The summed E-state index contributed by atoms with van der Waals surface area (Å²) in [7, 11) is 1.57. The molecule has 3 rings (SSSR count). The van der Waals surface area contributed by atoms with Gasteiger partial charge in [-0.25, -0.2) is 0 Å². The maximum Gasteiger partial charge on any atom is 0.228 e. The minimum Gasteiger partial charge on any atom is -0.497 e. The number of hydrogen-bond acceptors (Lipinski definition) is 3. The van der Waals surface area contributed by atoms with E-state index in [1.165, 1.54) is 0 Å². The highest BCUT2D eigenvalue weighted by Crippen LogP contribution is 2.40. The summed E-state index contributed by atoms with van der Waals surface area (Å²) in [5.74, 6) is -0.276. The van der Waals surface area contributed by atoms with E-state index in [1.54, 1.807) is 43.5 Å². The van der Waals surface area contributed by atoms with Gasteiger partial charge in [-0.3, -0.25) is 9.59 Å². The molecule has 2 amide bonds. The van der Waals surface area contributed by atoms with Crippen molar-refractivity contribution in [3.8, 4) is 5.75 Å². The van der Waals surface area contributed by atoms with Crippen LogP contribution in [-0.2, 0) is 9.59 Å². The molecular weight excluding hydrogens is 340 g/mol. The highest BCUT2D eigenvalue weighted by atomic mass is 35.5. The first-order valence-electron chi connectivity index (χ1n) is 8.00. The van der Waals surface area contributed by atoms with Crippen LogP contribution in [0.2, 0.25) is 5.02 Å². The number of aryl methyl sites for hydroxylation is 1. The number of anilines is 2. The van der Waals surface area contributed by atoms with Crippen LogP contribution in [0.5, 0.6) is 5.75 Å². The molecule has 1 saturated carbocycles. The van der Waals surface area contributed by atoms with Gasteiger partial charge in [0.15, 0.2) is 0 Å². The molecule has 0 radical (unpaired) electrons. The average Bonchev–Trinajstić information content (AvgIpc) is 3.39. The fourth-order valence-corrected chi connectivity index (χ4v) is 2.84. The van der Waals surface area contributed by atoms with Gasteiger partial charge in [0.25, 0.3) is 0 Å². The topological polar surface area (TPSA) is 67.4 Å². The predicted octanol–water partition coefficient (Wildman–Crippen LogP) is 3.87. The summed E-state index contributed by atoms with van der Waals surface area (Å²) in [6.07, 6.45) is 0.543. The third-order valence-corrected chi connectivity index (χ3v) is 4.49. The monoisotopic (exact) mass is 358 g/mol. The smallest absolute Gasteiger partial charge is 0.228 e. The molecule has 2 unspecified atom stereocenters. The zero-order valence-electron chi connectivity index (χ0n) is 14.0. The Labute approximate surface area is 151 Å². The molecule has 5 nitrogen and oxygen atoms in total. The quantitative estimate of drug-likeness (QED) is 0.852. The van der Waals surface area contributed by atoms with Gasteiger partial charge in [0.05, 0.1) is 18.9 Å².